The number of rotatable bonds is 5. The maximum absolute atomic E-state index is 12.4. The molecule has 0 aliphatic heterocycles. The molecule has 0 saturated heterocycles. The molecule has 6 heteroatoms. The summed E-state index contributed by atoms with van der Waals surface area (Å²) in [5.41, 5.74) is 2.71. The van der Waals surface area contributed by atoms with Crippen molar-refractivity contribution in [2.75, 3.05) is 0 Å². The lowest BCUT2D eigenvalue weighted by Gasteiger charge is -2.21. The second kappa shape index (κ2) is 7.67. The molecule has 0 aliphatic carbocycles. The largest absolute Gasteiger partial charge is 0.216 e. The molecule has 3 nitrogen and oxygen atoms in total. The first kappa shape index (κ1) is 20.2. The van der Waals surface area contributed by atoms with Gasteiger partial charge in [0.1, 0.15) is 0 Å². The second-order valence-corrected chi connectivity index (χ2v) is 9.80. The smallest absolute Gasteiger partial charge is 0.212 e. The lowest BCUT2D eigenvalue weighted by molar-refractivity contribution is 0.565. The average Bonchev–Trinajstić information content (AvgIpc) is 2.49. The van der Waals surface area contributed by atoms with Gasteiger partial charge < -0.3 is 0 Å². The van der Waals surface area contributed by atoms with Crippen LogP contribution in [-0.2, 0) is 21.2 Å². The van der Waals surface area contributed by atoms with Gasteiger partial charge in [-0.25, -0.2) is 13.1 Å². The standard InChI is InChI=1S/C19H23Cl2NO2S/c1-13(14-5-8-16(9-6-14)19(2,3)4)22-25(23,24)12-15-7-10-17(20)11-18(15)21/h5-11,13,22H,12H2,1-4H3. The van der Waals surface area contributed by atoms with Gasteiger partial charge in [0, 0.05) is 16.1 Å². The Morgan fingerprint density at radius 3 is 2.16 bits per heavy atom. The van der Waals surface area contributed by atoms with Crippen molar-refractivity contribution in [3.05, 3.63) is 69.2 Å². The molecule has 0 bridgehead atoms. The summed E-state index contributed by atoms with van der Waals surface area (Å²) >= 11 is 11.9. The molecule has 1 unspecified atom stereocenters. The van der Waals surface area contributed by atoms with Crippen LogP contribution in [0.5, 0.6) is 0 Å². The van der Waals surface area contributed by atoms with E-state index in [-0.39, 0.29) is 17.2 Å². The summed E-state index contributed by atoms with van der Waals surface area (Å²) in [4.78, 5) is 0. The number of halogens is 2. The molecule has 0 amide bonds. The lowest BCUT2D eigenvalue weighted by atomic mass is 9.86. The lowest BCUT2D eigenvalue weighted by Crippen LogP contribution is -2.28. The fourth-order valence-electron chi connectivity index (χ4n) is 2.49. The van der Waals surface area contributed by atoms with E-state index in [9.17, 15) is 8.42 Å². The van der Waals surface area contributed by atoms with E-state index in [0.717, 1.165) is 5.56 Å². The van der Waals surface area contributed by atoms with Gasteiger partial charge >= 0.3 is 0 Å². The summed E-state index contributed by atoms with van der Waals surface area (Å²) in [7, 11) is -3.53. The zero-order valence-corrected chi connectivity index (χ0v) is 17.1. The highest BCUT2D eigenvalue weighted by Crippen LogP contribution is 2.25. The van der Waals surface area contributed by atoms with Crippen LogP contribution in [0.2, 0.25) is 10.0 Å². The molecule has 1 atom stereocenters. The number of hydrogen-bond donors (Lipinski definition) is 1. The van der Waals surface area contributed by atoms with E-state index in [1.165, 1.54) is 5.56 Å². The normalized spacial score (nSPS) is 13.7. The van der Waals surface area contributed by atoms with Crippen molar-refractivity contribution in [2.45, 2.75) is 44.9 Å². The van der Waals surface area contributed by atoms with Crippen molar-refractivity contribution < 1.29 is 8.42 Å². The Morgan fingerprint density at radius 2 is 1.64 bits per heavy atom. The van der Waals surface area contributed by atoms with Crippen LogP contribution in [0.25, 0.3) is 0 Å². The number of benzene rings is 2. The van der Waals surface area contributed by atoms with Crippen molar-refractivity contribution in [1.82, 2.24) is 4.72 Å². The first-order chi connectivity index (χ1) is 11.5. The van der Waals surface area contributed by atoms with E-state index in [0.29, 0.717) is 15.6 Å². The fraction of sp³-hybridized carbons (Fsp3) is 0.368. The van der Waals surface area contributed by atoms with Crippen molar-refractivity contribution in [3.63, 3.8) is 0 Å². The van der Waals surface area contributed by atoms with Gasteiger partial charge in [-0.1, -0.05) is 74.3 Å². The number of nitrogens with one attached hydrogen (secondary N) is 1. The summed E-state index contributed by atoms with van der Waals surface area (Å²) in [6, 6.07) is 12.5. The van der Waals surface area contributed by atoms with E-state index in [1.807, 2.05) is 31.2 Å². The van der Waals surface area contributed by atoms with Crippen LogP contribution < -0.4 is 4.72 Å². The van der Waals surface area contributed by atoms with E-state index >= 15 is 0 Å². The molecular formula is C19H23Cl2NO2S. The Morgan fingerprint density at radius 1 is 1.04 bits per heavy atom. The van der Waals surface area contributed by atoms with E-state index in [1.54, 1.807) is 18.2 Å². The molecule has 136 valence electrons. The fourth-order valence-corrected chi connectivity index (χ4v) is 4.47. The average molecular weight is 400 g/mol. The predicted molar refractivity (Wildman–Crippen MR) is 106 cm³/mol. The molecule has 0 fully saturated rings. The van der Waals surface area contributed by atoms with Crippen LogP contribution in [-0.4, -0.2) is 8.42 Å². The molecule has 0 spiro atoms. The van der Waals surface area contributed by atoms with Gasteiger partial charge in [0.15, 0.2) is 0 Å². The van der Waals surface area contributed by atoms with Crippen LogP contribution in [0.3, 0.4) is 0 Å². The third-order valence-corrected chi connectivity index (χ3v) is 5.98. The molecule has 0 heterocycles. The van der Waals surface area contributed by atoms with Crippen LogP contribution in [0.1, 0.15) is 50.4 Å². The van der Waals surface area contributed by atoms with Crippen LogP contribution in [0, 0.1) is 0 Å². The van der Waals surface area contributed by atoms with Gasteiger partial charge in [0.05, 0.1) is 5.75 Å². The van der Waals surface area contributed by atoms with Crippen molar-refractivity contribution in [1.29, 1.82) is 0 Å². The SMILES string of the molecule is CC(NS(=O)(=O)Cc1ccc(Cl)cc1Cl)c1ccc(C(C)(C)C)cc1. The van der Waals surface area contributed by atoms with Gasteiger partial charge in [0.25, 0.3) is 0 Å². The molecule has 2 rings (SSSR count). The van der Waals surface area contributed by atoms with Crippen molar-refractivity contribution in [3.8, 4) is 0 Å². The second-order valence-electron chi connectivity index (χ2n) is 7.21. The minimum Gasteiger partial charge on any atom is -0.212 e. The highest BCUT2D eigenvalue weighted by atomic mass is 35.5. The van der Waals surface area contributed by atoms with Gasteiger partial charge in [-0.3, -0.25) is 0 Å². The van der Waals surface area contributed by atoms with Gasteiger partial charge in [-0.2, -0.15) is 0 Å². The molecule has 1 N–H and O–H groups in total. The summed E-state index contributed by atoms with van der Waals surface area (Å²) in [5, 5.41) is 0.825. The number of sulfonamides is 1. The Balaban J connectivity index is 2.11. The van der Waals surface area contributed by atoms with Crippen molar-refractivity contribution >= 4 is 33.2 Å². The maximum Gasteiger partial charge on any atom is 0.216 e. The third-order valence-electron chi connectivity index (χ3n) is 3.99. The Labute approximate surface area is 160 Å². The quantitative estimate of drug-likeness (QED) is 0.723. The molecule has 0 radical (unpaired) electrons. The van der Waals surface area contributed by atoms with Gasteiger partial charge in [-0.05, 0) is 41.2 Å². The summed E-state index contributed by atoms with van der Waals surface area (Å²) < 4.78 is 27.6. The predicted octanol–water partition coefficient (Wildman–Crippen LogP) is 5.47. The highest BCUT2D eigenvalue weighted by molar-refractivity contribution is 7.88. The molecular weight excluding hydrogens is 377 g/mol. The first-order valence-electron chi connectivity index (χ1n) is 8.02. The zero-order valence-electron chi connectivity index (χ0n) is 14.8. The molecule has 0 saturated carbocycles. The van der Waals surface area contributed by atoms with E-state index in [4.69, 9.17) is 23.2 Å². The van der Waals surface area contributed by atoms with Gasteiger partial charge in [0.2, 0.25) is 10.0 Å². The Hall–Kier alpha value is -1.07. The molecule has 2 aromatic carbocycles. The molecule has 0 aliphatic rings. The maximum atomic E-state index is 12.4. The van der Waals surface area contributed by atoms with Gasteiger partial charge in [-0.15, -0.1) is 0 Å². The summed E-state index contributed by atoms with van der Waals surface area (Å²) in [6.07, 6.45) is 0. The molecule has 0 aromatic heterocycles. The third kappa shape index (κ3) is 5.71. The van der Waals surface area contributed by atoms with Crippen LogP contribution in [0.4, 0.5) is 0 Å². The first-order valence-corrected chi connectivity index (χ1v) is 10.4. The Kier molecular flexibility index (Phi) is 6.21. The minimum atomic E-state index is -3.53. The monoisotopic (exact) mass is 399 g/mol. The summed E-state index contributed by atoms with van der Waals surface area (Å²) in [5.74, 6) is -0.187. The number of hydrogen-bond acceptors (Lipinski definition) is 2. The van der Waals surface area contributed by atoms with Crippen LogP contribution in [0.15, 0.2) is 42.5 Å². The zero-order chi connectivity index (χ0) is 18.8. The van der Waals surface area contributed by atoms with Crippen LogP contribution >= 0.6 is 23.2 Å². The molecule has 25 heavy (non-hydrogen) atoms. The Bertz CT molecular complexity index is 841. The van der Waals surface area contributed by atoms with E-state index in [2.05, 4.69) is 25.5 Å². The van der Waals surface area contributed by atoms with Crippen molar-refractivity contribution in [2.24, 2.45) is 0 Å². The topological polar surface area (TPSA) is 46.2 Å². The van der Waals surface area contributed by atoms with E-state index < -0.39 is 10.0 Å². The summed E-state index contributed by atoms with van der Waals surface area (Å²) in [6.45, 7) is 8.26. The molecule has 2 aromatic rings. The highest BCUT2D eigenvalue weighted by Gasteiger charge is 2.19. The minimum absolute atomic E-state index is 0.0621.